The highest BCUT2D eigenvalue weighted by molar-refractivity contribution is 6.04. The number of hydrogen-bond acceptors (Lipinski definition) is 4. The van der Waals surface area contributed by atoms with Crippen LogP contribution in [-0.2, 0) is 0 Å². The minimum atomic E-state index is -0.217. The Hall–Kier alpha value is -3.34. The van der Waals surface area contributed by atoms with Crippen molar-refractivity contribution in [1.29, 1.82) is 0 Å². The Kier molecular flexibility index (Phi) is 4.95. The first kappa shape index (κ1) is 16.5. The van der Waals surface area contributed by atoms with E-state index in [4.69, 9.17) is 4.74 Å². The fourth-order valence-electron chi connectivity index (χ4n) is 2.31. The van der Waals surface area contributed by atoms with Crippen LogP contribution in [0.1, 0.15) is 15.9 Å². The molecular weight excluding hydrogens is 314 g/mol. The molecule has 2 N–H and O–H groups in total. The van der Waals surface area contributed by atoms with E-state index in [2.05, 4.69) is 15.6 Å². The smallest absolute Gasteiger partial charge is 0.257 e. The lowest BCUT2D eigenvalue weighted by Gasteiger charge is -2.09. The van der Waals surface area contributed by atoms with Gasteiger partial charge in [-0.1, -0.05) is 17.7 Å². The third-order valence-corrected chi connectivity index (χ3v) is 3.69. The Labute approximate surface area is 146 Å². The number of aromatic nitrogens is 1. The number of nitrogens with one attached hydrogen (secondary N) is 2. The topological polar surface area (TPSA) is 63.2 Å². The normalized spacial score (nSPS) is 10.2. The van der Waals surface area contributed by atoms with E-state index in [1.54, 1.807) is 49.8 Å². The number of methoxy groups -OCH3 is 1. The monoisotopic (exact) mass is 333 g/mol. The molecule has 1 aromatic heterocycles. The number of carbonyl (C=O) groups is 1. The molecule has 0 aliphatic heterocycles. The molecule has 3 aromatic rings. The molecule has 0 saturated carbocycles. The first-order chi connectivity index (χ1) is 12.1. The minimum Gasteiger partial charge on any atom is -0.497 e. The van der Waals surface area contributed by atoms with Gasteiger partial charge in [0.2, 0.25) is 0 Å². The second-order valence-electron chi connectivity index (χ2n) is 5.64. The van der Waals surface area contributed by atoms with Gasteiger partial charge in [0, 0.05) is 17.6 Å². The molecule has 5 heteroatoms. The van der Waals surface area contributed by atoms with Crippen molar-refractivity contribution in [3.63, 3.8) is 0 Å². The standard InChI is InChI=1S/C20H19N3O2/c1-14-3-5-16(6-4-14)22-18-11-15(12-21-13-18)20(24)23-17-7-9-19(25-2)10-8-17/h3-13,22H,1-2H3,(H,23,24). The maximum atomic E-state index is 12.4. The summed E-state index contributed by atoms with van der Waals surface area (Å²) in [6.07, 6.45) is 3.23. The molecule has 25 heavy (non-hydrogen) atoms. The van der Waals surface area contributed by atoms with Crippen LogP contribution in [0.25, 0.3) is 0 Å². The molecule has 0 unspecified atom stereocenters. The number of nitrogens with zero attached hydrogens (tertiary/aromatic N) is 1. The predicted octanol–water partition coefficient (Wildman–Crippen LogP) is 4.39. The average Bonchev–Trinajstić information content (AvgIpc) is 2.64. The van der Waals surface area contributed by atoms with Crippen LogP contribution in [0, 0.1) is 6.92 Å². The average molecular weight is 333 g/mol. The lowest BCUT2D eigenvalue weighted by molar-refractivity contribution is 0.102. The third kappa shape index (κ3) is 4.35. The van der Waals surface area contributed by atoms with Gasteiger partial charge in [-0.25, -0.2) is 0 Å². The molecule has 5 nitrogen and oxygen atoms in total. The number of hydrogen-bond donors (Lipinski definition) is 2. The van der Waals surface area contributed by atoms with Gasteiger partial charge >= 0.3 is 0 Å². The molecule has 0 spiro atoms. The van der Waals surface area contributed by atoms with Crippen molar-refractivity contribution >= 4 is 23.0 Å². The molecule has 0 saturated heterocycles. The quantitative estimate of drug-likeness (QED) is 0.727. The number of amides is 1. The molecule has 1 amide bonds. The number of anilines is 3. The van der Waals surface area contributed by atoms with Gasteiger partial charge in [0.15, 0.2) is 0 Å². The summed E-state index contributed by atoms with van der Waals surface area (Å²) in [6, 6.07) is 17.0. The van der Waals surface area contributed by atoms with Crippen LogP contribution in [0.2, 0.25) is 0 Å². The van der Waals surface area contributed by atoms with Crippen LogP contribution >= 0.6 is 0 Å². The van der Waals surface area contributed by atoms with Crippen molar-refractivity contribution < 1.29 is 9.53 Å². The van der Waals surface area contributed by atoms with Crippen molar-refractivity contribution in [3.05, 3.63) is 78.1 Å². The molecule has 0 aliphatic carbocycles. The summed E-state index contributed by atoms with van der Waals surface area (Å²) in [5.41, 5.74) is 4.07. The molecule has 0 bridgehead atoms. The summed E-state index contributed by atoms with van der Waals surface area (Å²) in [7, 11) is 1.60. The van der Waals surface area contributed by atoms with Crippen LogP contribution in [0.3, 0.4) is 0 Å². The maximum absolute atomic E-state index is 12.4. The van der Waals surface area contributed by atoms with Crippen LogP contribution in [0.5, 0.6) is 5.75 Å². The highest BCUT2D eigenvalue weighted by Gasteiger charge is 2.08. The number of benzene rings is 2. The van der Waals surface area contributed by atoms with Crippen molar-refractivity contribution in [1.82, 2.24) is 4.98 Å². The highest BCUT2D eigenvalue weighted by atomic mass is 16.5. The molecule has 126 valence electrons. The zero-order valence-corrected chi connectivity index (χ0v) is 14.1. The third-order valence-electron chi connectivity index (χ3n) is 3.69. The van der Waals surface area contributed by atoms with Gasteiger partial charge in [0.1, 0.15) is 5.75 Å². The molecule has 0 radical (unpaired) electrons. The Morgan fingerprint density at radius 2 is 1.60 bits per heavy atom. The van der Waals surface area contributed by atoms with E-state index in [9.17, 15) is 4.79 Å². The van der Waals surface area contributed by atoms with Crippen molar-refractivity contribution in [2.75, 3.05) is 17.7 Å². The lowest BCUT2D eigenvalue weighted by Crippen LogP contribution is -2.12. The second-order valence-corrected chi connectivity index (χ2v) is 5.64. The van der Waals surface area contributed by atoms with Gasteiger partial charge in [0.25, 0.3) is 5.91 Å². The van der Waals surface area contributed by atoms with E-state index in [-0.39, 0.29) is 5.91 Å². The minimum absolute atomic E-state index is 0.217. The van der Waals surface area contributed by atoms with Crippen molar-refractivity contribution in [2.24, 2.45) is 0 Å². The summed E-state index contributed by atoms with van der Waals surface area (Å²) in [5, 5.41) is 6.09. The Morgan fingerprint density at radius 1 is 0.920 bits per heavy atom. The fourth-order valence-corrected chi connectivity index (χ4v) is 2.31. The van der Waals surface area contributed by atoms with E-state index in [1.165, 1.54) is 5.56 Å². The SMILES string of the molecule is COc1ccc(NC(=O)c2cncc(Nc3ccc(C)cc3)c2)cc1. The maximum Gasteiger partial charge on any atom is 0.257 e. The van der Waals surface area contributed by atoms with Crippen LogP contribution in [-0.4, -0.2) is 18.0 Å². The summed E-state index contributed by atoms with van der Waals surface area (Å²) >= 11 is 0. The zero-order valence-electron chi connectivity index (χ0n) is 14.1. The Balaban J connectivity index is 1.71. The van der Waals surface area contributed by atoms with Crippen LogP contribution in [0.15, 0.2) is 67.0 Å². The van der Waals surface area contributed by atoms with E-state index in [1.807, 2.05) is 31.2 Å². The number of rotatable bonds is 5. The predicted molar refractivity (Wildman–Crippen MR) is 99.6 cm³/mol. The molecule has 0 aliphatic rings. The van der Waals surface area contributed by atoms with Gasteiger partial charge in [-0.2, -0.15) is 0 Å². The highest BCUT2D eigenvalue weighted by Crippen LogP contribution is 2.19. The summed E-state index contributed by atoms with van der Waals surface area (Å²) in [4.78, 5) is 16.6. The first-order valence-corrected chi connectivity index (χ1v) is 7.88. The summed E-state index contributed by atoms with van der Waals surface area (Å²) < 4.78 is 5.11. The van der Waals surface area contributed by atoms with Crippen molar-refractivity contribution in [2.45, 2.75) is 6.92 Å². The van der Waals surface area contributed by atoms with Crippen molar-refractivity contribution in [3.8, 4) is 5.75 Å². The number of pyridine rings is 1. The molecule has 0 atom stereocenters. The van der Waals surface area contributed by atoms with Gasteiger partial charge in [-0.3, -0.25) is 9.78 Å². The lowest BCUT2D eigenvalue weighted by atomic mass is 10.2. The Bertz CT molecular complexity index is 859. The summed E-state index contributed by atoms with van der Waals surface area (Å²) in [6.45, 7) is 2.04. The summed E-state index contributed by atoms with van der Waals surface area (Å²) in [5.74, 6) is 0.522. The van der Waals surface area contributed by atoms with E-state index >= 15 is 0 Å². The van der Waals surface area contributed by atoms with E-state index < -0.39 is 0 Å². The van der Waals surface area contributed by atoms with Gasteiger partial charge in [-0.15, -0.1) is 0 Å². The van der Waals surface area contributed by atoms with Crippen LogP contribution in [0.4, 0.5) is 17.1 Å². The number of aryl methyl sites for hydroxylation is 1. The first-order valence-electron chi connectivity index (χ1n) is 7.88. The van der Waals surface area contributed by atoms with Gasteiger partial charge in [0.05, 0.1) is 24.6 Å². The van der Waals surface area contributed by atoms with Gasteiger partial charge < -0.3 is 15.4 Å². The molecule has 3 rings (SSSR count). The van der Waals surface area contributed by atoms with E-state index in [0.717, 1.165) is 17.1 Å². The van der Waals surface area contributed by atoms with E-state index in [0.29, 0.717) is 11.3 Å². The number of ether oxygens (including phenoxy) is 1. The second kappa shape index (κ2) is 7.49. The molecule has 0 fully saturated rings. The van der Waals surface area contributed by atoms with Crippen LogP contribution < -0.4 is 15.4 Å². The zero-order chi connectivity index (χ0) is 17.6. The largest absolute Gasteiger partial charge is 0.497 e. The molecular formula is C20H19N3O2. The Morgan fingerprint density at radius 3 is 2.28 bits per heavy atom. The molecule has 1 heterocycles. The number of carbonyl (C=O) groups excluding carboxylic acids is 1. The van der Waals surface area contributed by atoms with Gasteiger partial charge in [-0.05, 0) is 49.4 Å². The molecule has 2 aromatic carbocycles. The fraction of sp³-hybridized carbons (Fsp3) is 0.100.